The smallest absolute Gasteiger partial charge is 0.0595 e. The van der Waals surface area contributed by atoms with Gasteiger partial charge in [0.1, 0.15) is 0 Å². The fourth-order valence-corrected chi connectivity index (χ4v) is 2.21. The molecule has 0 aromatic heterocycles. The van der Waals surface area contributed by atoms with E-state index in [1.165, 1.54) is 5.56 Å². The van der Waals surface area contributed by atoms with E-state index in [1.807, 2.05) is 18.2 Å². The van der Waals surface area contributed by atoms with Crippen molar-refractivity contribution in [2.45, 2.75) is 38.8 Å². The number of halogens is 2. The van der Waals surface area contributed by atoms with Gasteiger partial charge in [0.15, 0.2) is 0 Å². The van der Waals surface area contributed by atoms with Crippen molar-refractivity contribution >= 4 is 23.2 Å². The Labute approximate surface area is 120 Å². The first-order valence-electron chi connectivity index (χ1n) is 6.28. The molecular formula is C14H21Cl2NO. The number of ether oxygens (including phenoxy) is 1. The van der Waals surface area contributed by atoms with Gasteiger partial charge in [-0.15, -0.1) is 0 Å². The predicted octanol–water partition coefficient (Wildman–Crippen LogP) is 4.46. The summed E-state index contributed by atoms with van der Waals surface area (Å²) in [6.45, 7) is 5.09. The summed E-state index contributed by atoms with van der Waals surface area (Å²) < 4.78 is 5.09. The summed E-state index contributed by atoms with van der Waals surface area (Å²) in [5, 5.41) is 4.79. The van der Waals surface area contributed by atoms with Crippen LogP contribution < -0.4 is 5.32 Å². The van der Waals surface area contributed by atoms with E-state index in [2.05, 4.69) is 19.2 Å². The summed E-state index contributed by atoms with van der Waals surface area (Å²) in [5.41, 5.74) is 1.18. The van der Waals surface area contributed by atoms with E-state index >= 15 is 0 Å². The van der Waals surface area contributed by atoms with Crippen molar-refractivity contribution in [1.82, 2.24) is 5.32 Å². The third-order valence-corrected chi connectivity index (χ3v) is 3.73. The minimum Gasteiger partial charge on any atom is -0.385 e. The molecule has 102 valence electrons. The van der Waals surface area contributed by atoms with Crippen molar-refractivity contribution in [3.63, 3.8) is 0 Å². The normalized spacial score (nSPS) is 14.5. The zero-order valence-electron chi connectivity index (χ0n) is 11.2. The maximum Gasteiger partial charge on any atom is 0.0595 e. The van der Waals surface area contributed by atoms with Gasteiger partial charge in [0.2, 0.25) is 0 Å². The summed E-state index contributed by atoms with van der Waals surface area (Å²) in [5.74, 6) is 0. The van der Waals surface area contributed by atoms with Crippen molar-refractivity contribution in [2.75, 3.05) is 13.7 Å². The van der Waals surface area contributed by atoms with Crippen LogP contribution in [0.4, 0.5) is 0 Å². The molecule has 0 saturated carbocycles. The van der Waals surface area contributed by atoms with Crippen LogP contribution in [0.3, 0.4) is 0 Å². The standard InChI is InChI=1S/C14H21Cl2NO/c1-4-14(17-10(2)7-8-18-3)11-5-6-12(15)13(16)9-11/h5-6,9-10,14,17H,4,7-8H2,1-3H3. The number of methoxy groups -OCH3 is 1. The maximum atomic E-state index is 6.06. The highest BCUT2D eigenvalue weighted by Crippen LogP contribution is 2.27. The van der Waals surface area contributed by atoms with Gasteiger partial charge in [-0.3, -0.25) is 0 Å². The molecule has 0 aliphatic carbocycles. The van der Waals surface area contributed by atoms with Crippen LogP contribution >= 0.6 is 23.2 Å². The van der Waals surface area contributed by atoms with E-state index in [-0.39, 0.29) is 0 Å². The summed E-state index contributed by atoms with van der Waals surface area (Å²) in [4.78, 5) is 0. The minimum absolute atomic E-state index is 0.298. The van der Waals surface area contributed by atoms with Crippen LogP contribution in [0.25, 0.3) is 0 Å². The van der Waals surface area contributed by atoms with Crippen molar-refractivity contribution in [1.29, 1.82) is 0 Å². The third kappa shape index (κ3) is 4.77. The molecule has 0 fully saturated rings. The number of hydrogen-bond acceptors (Lipinski definition) is 2. The lowest BCUT2D eigenvalue weighted by Crippen LogP contribution is -2.31. The first-order valence-corrected chi connectivity index (χ1v) is 7.04. The third-order valence-electron chi connectivity index (χ3n) is 2.99. The number of nitrogens with one attached hydrogen (secondary N) is 1. The molecule has 0 bridgehead atoms. The fourth-order valence-electron chi connectivity index (χ4n) is 1.90. The van der Waals surface area contributed by atoms with Crippen LogP contribution in [-0.4, -0.2) is 19.8 Å². The summed E-state index contributed by atoms with van der Waals surface area (Å²) >= 11 is 12.0. The Balaban J connectivity index is 2.67. The minimum atomic E-state index is 0.298. The molecule has 18 heavy (non-hydrogen) atoms. The monoisotopic (exact) mass is 289 g/mol. The Hall–Kier alpha value is -0.280. The first kappa shape index (κ1) is 15.8. The molecule has 1 aromatic rings. The molecule has 0 saturated heterocycles. The lowest BCUT2D eigenvalue weighted by Gasteiger charge is -2.23. The van der Waals surface area contributed by atoms with Gasteiger partial charge in [0, 0.05) is 25.8 Å². The quantitative estimate of drug-likeness (QED) is 0.800. The molecule has 2 unspecified atom stereocenters. The molecule has 4 heteroatoms. The van der Waals surface area contributed by atoms with Gasteiger partial charge in [-0.1, -0.05) is 36.2 Å². The highest BCUT2D eigenvalue weighted by molar-refractivity contribution is 6.42. The number of benzene rings is 1. The average Bonchev–Trinajstić information content (AvgIpc) is 2.37. The highest BCUT2D eigenvalue weighted by Gasteiger charge is 2.13. The second-order valence-corrected chi connectivity index (χ2v) is 5.30. The van der Waals surface area contributed by atoms with Crippen molar-refractivity contribution in [2.24, 2.45) is 0 Å². The number of hydrogen-bond donors (Lipinski definition) is 1. The zero-order valence-corrected chi connectivity index (χ0v) is 12.7. The van der Waals surface area contributed by atoms with Crippen LogP contribution in [0.2, 0.25) is 10.0 Å². The zero-order chi connectivity index (χ0) is 13.5. The van der Waals surface area contributed by atoms with Crippen LogP contribution in [0, 0.1) is 0 Å². The van der Waals surface area contributed by atoms with Gasteiger partial charge in [-0.05, 0) is 37.5 Å². The Bertz CT molecular complexity index is 371. The Morgan fingerprint density at radius 3 is 2.56 bits per heavy atom. The van der Waals surface area contributed by atoms with E-state index < -0.39 is 0 Å². The van der Waals surface area contributed by atoms with E-state index in [4.69, 9.17) is 27.9 Å². The summed E-state index contributed by atoms with van der Waals surface area (Å²) in [6, 6.07) is 6.52. The fraction of sp³-hybridized carbons (Fsp3) is 0.571. The Kier molecular flexibility index (Phi) is 7.02. The molecular weight excluding hydrogens is 269 g/mol. The van der Waals surface area contributed by atoms with E-state index in [0.717, 1.165) is 19.4 Å². The largest absolute Gasteiger partial charge is 0.385 e. The van der Waals surface area contributed by atoms with E-state index in [0.29, 0.717) is 22.1 Å². The average molecular weight is 290 g/mol. The van der Waals surface area contributed by atoms with Crippen LogP contribution in [-0.2, 0) is 4.74 Å². The molecule has 1 aromatic carbocycles. The topological polar surface area (TPSA) is 21.3 Å². The molecule has 2 nitrogen and oxygen atoms in total. The van der Waals surface area contributed by atoms with Crippen molar-refractivity contribution in [3.05, 3.63) is 33.8 Å². The van der Waals surface area contributed by atoms with Gasteiger partial charge in [-0.25, -0.2) is 0 Å². The van der Waals surface area contributed by atoms with Crippen molar-refractivity contribution in [3.8, 4) is 0 Å². The molecule has 1 rings (SSSR count). The van der Waals surface area contributed by atoms with Gasteiger partial charge in [-0.2, -0.15) is 0 Å². The molecule has 0 radical (unpaired) electrons. The molecule has 0 heterocycles. The van der Waals surface area contributed by atoms with Gasteiger partial charge in [0.05, 0.1) is 10.0 Å². The second-order valence-electron chi connectivity index (χ2n) is 4.48. The lowest BCUT2D eigenvalue weighted by atomic mass is 10.0. The lowest BCUT2D eigenvalue weighted by molar-refractivity contribution is 0.182. The van der Waals surface area contributed by atoms with Crippen LogP contribution in [0.5, 0.6) is 0 Å². The van der Waals surface area contributed by atoms with E-state index in [1.54, 1.807) is 7.11 Å². The molecule has 0 amide bonds. The van der Waals surface area contributed by atoms with Gasteiger partial charge in [0.25, 0.3) is 0 Å². The van der Waals surface area contributed by atoms with Crippen molar-refractivity contribution < 1.29 is 4.74 Å². The highest BCUT2D eigenvalue weighted by atomic mass is 35.5. The summed E-state index contributed by atoms with van der Waals surface area (Å²) in [6.07, 6.45) is 2.00. The maximum absolute atomic E-state index is 6.06. The molecule has 0 aliphatic rings. The molecule has 2 atom stereocenters. The van der Waals surface area contributed by atoms with Crippen LogP contribution in [0.1, 0.15) is 38.3 Å². The second kappa shape index (κ2) is 8.00. The van der Waals surface area contributed by atoms with Crippen LogP contribution in [0.15, 0.2) is 18.2 Å². The first-order chi connectivity index (χ1) is 8.58. The predicted molar refractivity (Wildman–Crippen MR) is 78.6 cm³/mol. The molecule has 1 N–H and O–H groups in total. The SMILES string of the molecule is CCC(NC(C)CCOC)c1ccc(Cl)c(Cl)c1. The Morgan fingerprint density at radius 1 is 1.28 bits per heavy atom. The van der Waals surface area contributed by atoms with Gasteiger partial charge >= 0.3 is 0 Å². The molecule has 0 spiro atoms. The summed E-state index contributed by atoms with van der Waals surface area (Å²) in [7, 11) is 1.73. The number of rotatable bonds is 7. The Morgan fingerprint density at radius 2 is 2.00 bits per heavy atom. The van der Waals surface area contributed by atoms with Gasteiger partial charge < -0.3 is 10.1 Å². The molecule has 0 aliphatic heterocycles. The van der Waals surface area contributed by atoms with E-state index in [9.17, 15) is 0 Å².